The van der Waals surface area contributed by atoms with Crippen molar-refractivity contribution >= 4 is 29.0 Å². The normalized spacial score (nSPS) is 11.7. The number of amides is 2. The van der Waals surface area contributed by atoms with Crippen molar-refractivity contribution in [2.75, 3.05) is 5.32 Å². The van der Waals surface area contributed by atoms with Crippen LogP contribution in [-0.4, -0.2) is 22.1 Å². The van der Waals surface area contributed by atoms with E-state index in [-0.39, 0.29) is 11.6 Å². The smallest absolute Gasteiger partial charge is 0.335 e. The first kappa shape index (κ1) is 14.0. The first-order valence-corrected chi connectivity index (χ1v) is 6.74. The zero-order chi connectivity index (χ0) is 14.5. The minimum atomic E-state index is -1.04. The summed E-state index contributed by atoms with van der Waals surface area (Å²) in [5, 5.41) is 16.8. The van der Waals surface area contributed by atoms with E-state index in [9.17, 15) is 9.59 Å². The van der Waals surface area contributed by atoms with Crippen LogP contribution in [0, 0.1) is 0 Å². The lowest BCUT2D eigenvalue weighted by Crippen LogP contribution is -2.31. The van der Waals surface area contributed by atoms with Crippen LogP contribution in [0.3, 0.4) is 0 Å². The maximum Gasteiger partial charge on any atom is 0.335 e. The van der Waals surface area contributed by atoms with Crippen molar-refractivity contribution in [1.82, 2.24) is 10.3 Å². The quantitative estimate of drug-likeness (QED) is 0.807. The molecule has 0 spiro atoms. The van der Waals surface area contributed by atoms with E-state index in [1.807, 2.05) is 12.3 Å². The Bertz CT molecular complexity index is 613. The molecule has 20 heavy (non-hydrogen) atoms. The molecule has 0 saturated carbocycles. The highest BCUT2D eigenvalue weighted by molar-refractivity contribution is 7.09. The number of nitrogens with zero attached hydrogens (tertiary/aromatic N) is 1. The summed E-state index contributed by atoms with van der Waals surface area (Å²) in [4.78, 5) is 26.8. The van der Waals surface area contributed by atoms with Gasteiger partial charge in [-0.2, -0.15) is 0 Å². The minimum Gasteiger partial charge on any atom is -0.478 e. The van der Waals surface area contributed by atoms with Gasteiger partial charge in [0.25, 0.3) is 0 Å². The van der Waals surface area contributed by atoms with Crippen molar-refractivity contribution < 1.29 is 14.7 Å². The van der Waals surface area contributed by atoms with Crippen molar-refractivity contribution in [1.29, 1.82) is 0 Å². The summed E-state index contributed by atoms with van der Waals surface area (Å²) < 4.78 is 0. The van der Waals surface area contributed by atoms with Crippen molar-refractivity contribution in [2.45, 2.75) is 13.0 Å². The van der Waals surface area contributed by atoms with E-state index < -0.39 is 12.0 Å². The fraction of sp³-hybridized carbons (Fsp3) is 0.154. The summed E-state index contributed by atoms with van der Waals surface area (Å²) in [5.41, 5.74) is 0.546. The molecule has 1 unspecified atom stereocenters. The average Bonchev–Trinajstić information content (AvgIpc) is 2.92. The van der Waals surface area contributed by atoms with Gasteiger partial charge in [0.15, 0.2) is 0 Å². The number of rotatable bonds is 4. The maximum absolute atomic E-state index is 11.8. The summed E-state index contributed by atoms with van der Waals surface area (Å²) in [6.07, 6.45) is 1.67. The first-order chi connectivity index (χ1) is 9.56. The molecule has 7 heteroatoms. The summed E-state index contributed by atoms with van der Waals surface area (Å²) in [7, 11) is 0. The molecular formula is C13H13N3O3S. The Hall–Kier alpha value is -2.41. The van der Waals surface area contributed by atoms with Gasteiger partial charge in [-0.25, -0.2) is 14.6 Å². The van der Waals surface area contributed by atoms with Gasteiger partial charge in [-0.1, -0.05) is 6.07 Å². The molecule has 1 aromatic heterocycles. The van der Waals surface area contributed by atoms with Gasteiger partial charge in [0, 0.05) is 17.3 Å². The maximum atomic E-state index is 11.8. The van der Waals surface area contributed by atoms with Crippen LogP contribution in [-0.2, 0) is 0 Å². The van der Waals surface area contributed by atoms with Gasteiger partial charge < -0.3 is 15.7 Å². The summed E-state index contributed by atoms with van der Waals surface area (Å²) in [5.74, 6) is -1.04. The Kier molecular flexibility index (Phi) is 4.31. The third-order valence-electron chi connectivity index (χ3n) is 2.54. The van der Waals surface area contributed by atoms with Gasteiger partial charge in [0.2, 0.25) is 0 Å². The van der Waals surface area contributed by atoms with Gasteiger partial charge in [0.05, 0.1) is 11.6 Å². The SMILES string of the molecule is CC(NC(=O)Nc1cccc(C(=O)O)c1)c1nccs1. The fourth-order valence-corrected chi connectivity index (χ4v) is 2.25. The molecule has 0 bridgehead atoms. The molecule has 2 amide bonds. The van der Waals surface area contributed by atoms with Crippen LogP contribution in [0.1, 0.15) is 28.3 Å². The second-order valence-corrected chi connectivity index (χ2v) is 5.00. The van der Waals surface area contributed by atoms with Crippen LogP contribution >= 0.6 is 11.3 Å². The lowest BCUT2D eigenvalue weighted by Gasteiger charge is -2.12. The van der Waals surface area contributed by atoms with Crippen LogP contribution < -0.4 is 10.6 Å². The van der Waals surface area contributed by atoms with Crippen LogP contribution in [0.2, 0.25) is 0 Å². The molecule has 1 aromatic carbocycles. The van der Waals surface area contributed by atoms with Crippen LogP contribution in [0.15, 0.2) is 35.8 Å². The molecule has 0 fully saturated rings. The molecule has 104 valence electrons. The number of aromatic nitrogens is 1. The molecular weight excluding hydrogens is 278 g/mol. The van der Waals surface area contributed by atoms with Gasteiger partial charge >= 0.3 is 12.0 Å². The summed E-state index contributed by atoms with van der Waals surface area (Å²) in [6, 6.07) is 5.44. The van der Waals surface area contributed by atoms with Crippen molar-refractivity contribution in [3.63, 3.8) is 0 Å². The Morgan fingerprint density at radius 1 is 1.40 bits per heavy atom. The highest BCUT2D eigenvalue weighted by atomic mass is 32.1. The zero-order valence-corrected chi connectivity index (χ0v) is 11.5. The predicted octanol–water partition coefficient (Wildman–Crippen LogP) is 2.72. The van der Waals surface area contributed by atoms with Gasteiger partial charge in [-0.15, -0.1) is 11.3 Å². The van der Waals surface area contributed by atoms with Gasteiger partial charge in [-0.3, -0.25) is 0 Å². The van der Waals surface area contributed by atoms with E-state index in [0.717, 1.165) is 5.01 Å². The minimum absolute atomic E-state index is 0.121. The standard InChI is InChI=1S/C13H13N3O3S/c1-8(11-14-5-6-20-11)15-13(19)16-10-4-2-3-9(7-10)12(17)18/h2-8H,1H3,(H,17,18)(H2,15,16,19). The Morgan fingerprint density at radius 3 is 2.85 bits per heavy atom. The molecule has 6 nitrogen and oxygen atoms in total. The van der Waals surface area contributed by atoms with Crippen LogP contribution in [0.4, 0.5) is 10.5 Å². The van der Waals surface area contributed by atoms with Gasteiger partial charge in [0.1, 0.15) is 5.01 Å². The number of benzene rings is 1. The number of anilines is 1. The van der Waals surface area contributed by atoms with Gasteiger partial charge in [-0.05, 0) is 25.1 Å². The molecule has 0 aliphatic heterocycles. The number of hydrogen-bond acceptors (Lipinski definition) is 4. The largest absolute Gasteiger partial charge is 0.478 e. The number of carbonyl (C=O) groups excluding carboxylic acids is 1. The highest BCUT2D eigenvalue weighted by Gasteiger charge is 2.12. The molecule has 1 atom stereocenters. The number of carboxylic acids is 1. The summed E-state index contributed by atoms with van der Waals surface area (Å²) >= 11 is 1.45. The number of urea groups is 1. The topological polar surface area (TPSA) is 91.3 Å². The molecule has 0 radical (unpaired) electrons. The Morgan fingerprint density at radius 2 is 2.20 bits per heavy atom. The third kappa shape index (κ3) is 3.55. The molecule has 2 rings (SSSR count). The molecule has 0 aliphatic carbocycles. The second kappa shape index (κ2) is 6.16. The number of carboxylic acid groups (broad SMARTS) is 1. The molecule has 3 N–H and O–H groups in total. The number of nitrogens with one attached hydrogen (secondary N) is 2. The first-order valence-electron chi connectivity index (χ1n) is 5.86. The van der Waals surface area contributed by atoms with Crippen LogP contribution in [0.25, 0.3) is 0 Å². The predicted molar refractivity (Wildman–Crippen MR) is 76.1 cm³/mol. The number of thiazole rings is 1. The van der Waals surface area contributed by atoms with Crippen LogP contribution in [0.5, 0.6) is 0 Å². The Labute approximate surface area is 119 Å². The molecule has 0 aliphatic rings. The van der Waals surface area contributed by atoms with E-state index in [0.29, 0.717) is 5.69 Å². The second-order valence-electron chi connectivity index (χ2n) is 4.08. The van der Waals surface area contributed by atoms with Crippen molar-refractivity contribution in [2.24, 2.45) is 0 Å². The van der Waals surface area contributed by atoms with Crippen molar-refractivity contribution in [3.05, 3.63) is 46.4 Å². The average molecular weight is 291 g/mol. The molecule has 0 saturated heterocycles. The van der Waals surface area contributed by atoms with E-state index >= 15 is 0 Å². The number of aromatic carboxylic acids is 1. The monoisotopic (exact) mass is 291 g/mol. The highest BCUT2D eigenvalue weighted by Crippen LogP contribution is 2.15. The van der Waals surface area contributed by atoms with E-state index in [2.05, 4.69) is 15.6 Å². The third-order valence-corrected chi connectivity index (χ3v) is 3.50. The Balaban J connectivity index is 1.98. The van der Waals surface area contributed by atoms with Crippen molar-refractivity contribution in [3.8, 4) is 0 Å². The lowest BCUT2D eigenvalue weighted by molar-refractivity contribution is 0.0697. The lowest BCUT2D eigenvalue weighted by atomic mass is 10.2. The molecule has 2 aromatic rings. The van der Waals surface area contributed by atoms with E-state index in [1.54, 1.807) is 18.3 Å². The number of carbonyl (C=O) groups is 2. The summed E-state index contributed by atoms with van der Waals surface area (Å²) in [6.45, 7) is 1.83. The van der Waals surface area contributed by atoms with E-state index in [4.69, 9.17) is 5.11 Å². The number of hydrogen-bond donors (Lipinski definition) is 3. The van der Waals surface area contributed by atoms with E-state index in [1.165, 1.54) is 23.5 Å². The zero-order valence-electron chi connectivity index (χ0n) is 10.7. The molecule has 1 heterocycles. The fourth-order valence-electron chi connectivity index (χ4n) is 1.60.